The molecule has 6 heteroatoms. The highest BCUT2D eigenvalue weighted by molar-refractivity contribution is 7.09. The summed E-state index contributed by atoms with van der Waals surface area (Å²) in [5.41, 5.74) is 1.06. The van der Waals surface area contributed by atoms with E-state index < -0.39 is 5.97 Å². The van der Waals surface area contributed by atoms with E-state index in [1.165, 1.54) is 0 Å². The molecule has 1 saturated heterocycles. The van der Waals surface area contributed by atoms with E-state index in [9.17, 15) is 4.79 Å². The molecule has 1 atom stereocenters. The fourth-order valence-corrected chi connectivity index (χ4v) is 2.56. The van der Waals surface area contributed by atoms with E-state index in [1.54, 1.807) is 11.3 Å². The normalized spacial score (nSPS) is 21.6. The number of aryl methyl sites for hydroxylation is 1. The lowest BCUT2D eigenvalue weighted by atomic mass is 10.2. The van der Waals surface area contributed by atoms with Gasteiger partial charge >= 0.3 is 5.97 Å². The van der Waals surface area contributed by atoms with Crippen molar-refractivity contribution in [2.75, 3.05) is 19.7 Å². The van der Waals surface area contributed by atoms with Gasteiger partial charge in [0, 0.05) is 25.0 Å². The highest BCUT2D eigenvalue weighted by Crippen LogP contribution is 2.14. The van der Waals surface area contributed by atoms with Crippen molar-refractivity contribution in [1.82, 2.24) is 9.88 Å². The molecule has 0 aliphatic carbocycles. The number of morpholine rings is 1. The summed E-state index contributed by atoms with van der Waals surface area (Å²) in [6.45, 7) is 4.88. The van der Waals surface area contributed by atoms with E-state index in [1.807, 2.05) is 6.92 Å². The van der Waals surface area contributed by atoms with E-state index in [-0.39, 0.29) is 12.5 Å². The van der Waals surface area contributed by atoms with Crippen LogP contribution in [-0.2, 0) is 16.1 Å². The third-order valence-corrected chi connectivity index (χ3v) is 3.50. The summed E-state index contributed by atoms with van der Waals surface area (Å²) >= 11 is 1.64. The van der Waals surface area contributed by atoms with Crippen LogP contribution in [0.4, 0.5) is 0 Å². The fourth-order valence-electron chi connectivity index (χ4n) is 1.95. The predicted octanol–water partition coefficient (Wildman–Crippen LogP) is 1.13. The van der Waals surface area contributed by atoms with Crippen LogP contribution < -0.4 is 0 Å². The Labute approximate surface area is 104 Å². The summed E-state index contributed by atoms with van der Waals surface area (Å²) in [6, 6.07) is 0. The minimum Gasteiger partial charge on any atom is -0.481 e. The van der Waals surface area contributed by atoms with Crippen molar-refractivity contribution in [3.63, 3.8) is 0 Å². The fraction of sp³-hybridized carbons (Fsp3) is 0.636. The number of hydrogen-bond donors (Lipinski definition) is 1. The van der Waals surface area contributed by atoms with Crippen molar-refractivity contribution in [3.05, 3.63) is 16.1 Å². The van der Waals surface area contributed by atoms with Crippen molar-refractivity contribution in [2.24, 2.45) is 0 Å². The molecular formula is C11H16N2O3S. The van der Waals surface area contributed by atoms with Crippen LogP contribution in [0.15, 0.2) is 5.38 Å². The summed E-state index contributed by atoms with van der Waals surface area (Å²) in [6.07, 6.45) is -0.118. The Kier molecular flexibility index (Phi) is 4.09. The van der Waals surface area contributed by atoms with Crippen LogP contribution in [0.2, 0.25) is 0 Å². The summed E-state index contributed by atoms with van der Waals surface area (Å²) in [7, 11) is 0. The van der Waals surface area contributed by atoms with Crippen molar-refractivity contribution >= 4 is 17.3 Å². The number of carboxylic acids is 1. The average Bonchev–Trinajstić information content (AvgIpc) is 2.63. The van der Waals surface area contributed by atoms with Crippen LogP contribution in [0.5, 0.6) is 0 Å². The molecule has 1 aliphatic rings. The highest BCUT2D eigenvalue weighted by atomic mass is 32.1. The molecular weight excluding hydrogens is 240 g/mol. The van der Waals surface area contributed by atoms with E-state index in [0.717, 1.165) is 23.8 Å². The molecule has 1 fully saturated rings. The number of ether oxygens (including phenoxy) is 1. The number of carbonyl (C=O) groups is 1. The van der Waals surface area contributed by atoms with Gasteiger partial charge in [-0.1, -0.05) is 0 Å². The Hall–Kier alpha value is -0.980. The number of aromatic nitrogens is 1. The second-order valence-corrected chi connectivity index (χ2v) is 5.25. The third kappa shape index (κ3) is 3.76. The van der Waals surface area contributed by atoms with Gasteiger partial charge in [0.15, 0.2) is 0 Å². The predicted molar refractivity (Wildman–Crippen MR) is 64.1 cm³/mol. The minimum absolute atomic E-state index is 0.0760. The molecule has 2 heterocycles. The molecule has 5 nitrogen and oxygen atoms in total. The van der Waals surface area contributed by atoms with Gasteiger partial charge in [-0.15, -0.1) is 11.3 Å². The Morgan fingerprint density at radius 3 is 3.24 bits per heavy atom. The Morgan fingerprint density at radius 1 is 1.76 bits per heavy atom. The van der Waals surface area contributed by atoms with Gasteiger partial charge in [-0.25, -0.2) is 4.98 Å². The summed E-state index contributed by atoms with van der Waals surface area (Å²) in [5.74, 6) is -0.804. The lowest BCUT2D eigenvalue weighted by molar-refractivity contribution is -0.142. The van der Waals surface area contributed by atoms with Crippen molar-refractivity contribution in [3.8, 4) is 0 Å². The van der Waals surface area contributed by atoms with Crippen LogP contribution >= 0.6 is 11.3 Å². The molecule has 1 unspecified atom stereocenters. The standard InChI is InChI=1S/C11H16N2O3S/c1-8-12-9(7-17-8)5-13-2-3-16-10(6-13)4-11(14)15/h7,10H,2-6H2,1H3,(H,14,15). The van der Waals surface area contributed by atoms with Crippen LogP contribution in [0.1, 0.15) is 17.1 Å². The van der Waals surface area contributed by atoms with E-state index in [0.29, 0.717) is 13.2 Å². The summed E-state index contributed by atoms with van der Waals surface area (Å²) < 4.78 is 5.42. The molecule has 1 N–H and O–H groups in total. The lowest BCUT2D eigenvalue weighted by Gasteiger charge is -2.31. The molecule has 0 aromatic carbocycles. The Balaban J connectivity index is 1.87. The zero-order valence-corrected chi connectivity index (χ0v) is 10.6. The highest BCUT2D eigenvalue weighted by Gasteiger charge is 2.23. The number of thiazole rings is 1. The molecule has 1 aliphatic heterocycles. The smallest absolute Gasteiger partial charge is 0.306 e. The lowest BCUT2D eigenvalue weighted by Crippen LogP contribution is -2.42. The monoisotopic (exact) mass is 256 g/mol. The van der Waals surface area contributed by atoms with Crippen LogP contribution in [0.25, 0.3) is 0 Å². The van der Waals surface area contributed by atoms with Gasteiger partial charge in [0.25, 0.3) is 0 Å². The quantitative estimate of drug-likeness (QED) is 0.875. The SMILES string of the molecule is Cc1nc(CN2CCOC(CC(=O)O)C2)cs1. The molecule has 1 aromatic rings. The Morgan fingerprint density at radius 2 is 2.59 bits per heavy atom. The largest absolute Gasteiger partial charge is 0.481 e. The second kappa shape index (κ2) is 5.57. The first kappa shape index (κ1) is 12.5. The van der Waals surface area contributed by atoms with Gasteiger partial charge in [-0.2, -0.15) is 0 Å². The van der Waals surface area contributed by atoms with Gasteiger partial charge in [-0.3, -0.25) is 9.69 Å². The number of hydrogen-bond acceptors (Lipinski definition) is 5. The van der Waals surface area contributed by atoms with E-state index in [4.69, 9.17) is 9.84 Å². The molecule has 2 rings (SSSR count). The molecule has 17 heavy (non-hydrogen) atoms. The number of carboxylic acid groups (broad SMARTS) is 1. The van der Waals surface area contributed by atoms with Gasteiger partial charge in [0.2, 0.25) is 0 Å². The minimum atomic E-state index is -0.804. The van der Waals surface area contributed by atoms with Crippen molar-refractivity contribution in [1.29, 1.82) is 0 Å². The van der Waals surface area contributed by atoms with E-state index in [2.05, 4.69) is 15.3 Å². The van der Waals surface area contributed by atoms with Gasteiger partial charge < -0.3 is 9.84 Å². The first-order valence-corrected chi connectivity index (χ1v) is 6.48. The zero-order valence-electron chi connectivity index (χ0n) is 9.76. The second-order valence-electron chi connectivity index (χ2n) is 4.18. The maximum absolute atomic E-state index is 10.6. The van der Waals surface area contributed by atoms with E-state index >= 15 is 0 Å². The molecule has 0 radical (unpaired) electrons. The van der Waals surface area contributed by atoms with Crippen molar-refractivity contribution in [2.45, 2.75) is 26.0 Å². The molecule has 0 amide bonds. The maximum atomic E-state index is 10.6. The first-order chi connectivity index (χ1) is 8.13. The summed E-state index contributed by atoms with van der Waals surface area (Å²) in [5, 5.41) is 11.9. The number of nitrogens with zero attached hydrogens (tertiary/aromatic N) is 2. The molecule has 1 aromatic heterocycles. The molecule has 0 spiro atoms. The topological polar surface area (TPSA) is 62.7 Å². The van der Waals surface area contributed by atoms with Crippen LogP contribution in [-0.4, -0.2) is 46.8 Å². The Bertz CT molecular complexity index is 394. The van der Waals surface area contributed by atoms with Crippen LogP contribution in [0, 0.1) is 6.92 Å². The van der Waals surface area contributed by atoms with Gasteiger partial charge in [0.05, 0.1) is 29.8 Å². The first-order valence-electron chi connectivity index (χ1n) is 5.60. The van der Waals surface area contributed by atoms with Gasteiger partial charge in [-0.05, 0) is 6.92 Å². The molecule has 0 saturated carbocycles. The molecule has 0 bridgehead atoms. The van der Waals surface area contributed by atoms with Gasteiger partial charge in [0.1, 0.15) is 0 Å². The average molecular weight is 256 g/mol. The third-order valence-electron chi connectivity index (χ3n) is 2.68. The number of aliphatic carboxylic acids is 1. The maximum Gasteiger partial charge on any atom is 0.306 e. The zero-order chi connectivity index (χ0) is 12.3. The number of rotatable bonds is 4. The molecule has 94 valence electrons. The summed E-state index contributed by atoms with van der Waals surface area (Å²) in [4.78, 5) is 17.2. The van der Waals surface area contributed by atoms with Crippen LogP contribution in [0.3, 0.4) is 0 Å². The van der Waals surface area contributed by atoms with Crippen molar-refractivity contribution < 1.29 is 14.6 Å².